The van der Waals surface area contributed by atoms with Gasteiger partial charge in [0.05, 0.1) is 5.69 Å². The molecule has 7 nitrogen and oxygen atoms in total. The third-order valence-corrected chi connectivity index (χ3v) is 4.53. The van der Waals surface area contributed by atoms with Gasteiger partial charge in [0.25, 0.3) is 0 Å². The standard InChI is InChI=1S/C15H18FN5O2/c16-9-6-11-12(23-8-22-11)7-10(9)21-14(18)19-13(17)20-15(21)4-2-1-3-5-15/h6-7H,1-5,8H2,(H4,17,18,19,20). The second-order valence-electron chi connectivity index (χ2n) is 5.98. The quantitative estimate of drug-likeness (QED) is 0.820. The summed E-state index contributed by atoms with van der Waals surface area (Å²) in [5.74, 6) is 0.717. The maximum atomic E-state index is 14.7. The number of nitrogens with zero attached hydrogens (tertiary/aromatic N) is 3. The number of guanidine groups is 2. The Morgan fingerprint density at radius 3 is 2.52 bits per heavy atom. The Hall–Kier alpha value is -2.51. The molecule has 4 rings (SSSR count). The topological polar surface area (TPSA) is 98.5 Å². The summed E-state index contributed by atoms with van der Waals surface area (Å²) in [4.78, 5) is 10.2. The Balaban J connectivity index is 1.84. The van der Waals surface area contributed by atoms with Crippen molar-refractivity contribution < 1.29 is 13.9 Å². The number of hydrogen-bond acceptors (Lipinski definition) is 7. The molecule has 2 aliphatic heterocycles. The van der Waals surface area contributed by atoms with Crippen molar-refractivity contribution in [3.8, 4) is 11.5 Å². The van der Waals surface area contributed by atoms with E-state index in [0.29, 0.717) is 11.5 Å². The molecule has 1 aromatic rings. The van der Waals surface area contributed by atoms with Crippen molar-refractivity contribution in [2.45, 2.75) is 37.8 Å². The van der Waals surface area contributed by atoms with Gasteiger partial charge < -0.3 is 20.9 Å². The third-order valence-electron chi connectivity index (χ3n) is 4.53. The van der Waals surface area contributed by atoms with Gasteiger partial charge in [-0.05, 0) is 25.7 Å². The fourth-order valence-electron chi connectivity index (χ4n) is 3.55. The first-order valence-corrected chi connectivity index (χ1v) is 7.68. The second-order valence-corrected chi connectivity index (χ2v) is 5.98. The zero-order valence-corrected chi connectivity index (χ0v) is 12.6. The Bertz CT molecular complexity index is 712. The first-order chi connectivity index (χ1) is 11.1. The summed E-state index contributed by atoms with van der Waals surface area (Å²) >= 11 is 0. The van der Waals surface area contributed by atoms with E-state index in [4.69, 9.17) is 20.9 Å². The predicted molar refractivity (Wildman–Crippen MR) is 84.1 cm³/mol. The summed E-state index contributed by atoms with van der Waals surface area (Å²) in [6.07, 6.45) is 4.57. The normalized spacial score (nSPS) is 22.0. The van der Waals surface area contributed by atoms with Crippen LogP contribution in [-0.4, -0.2) is 24.4 Å². The van der Waals surface area contributed by atoms with Crippen LogP contribution in [-0.2, 0) is 0 Å². The Labute approximate surface area is 132 Å². The second kappa shape index (κ2) is 5.00. The molecule has 1 aliphatic carbocycles. The highest BCUT2D eigenvalue weighted by Crippen LogP contribution is 2.44. The number of hydrogen-bond donors (Lipinski definition) is 2. The van der Waals surface area contributed by atoms with Crippen LogP contribution in [0, 0.1) is 5.82 Å². The van der Waals surface area contributed by atoms with E-state index in [0.717, 1.165) is 32.1 Å². The molecular formula is C15H18FN5O2. The molecule has 0 atom stereocenters. The molecule has 0 unspecified atom stereocenters. The maximum Gasteiger partial charge on any atom is 0.231 e. The first kappa shape index (κ1) is 14.1. The van der Waals surface area contributed by atoms with Crippen LogP contribution in [0.25, 0.3) is 0 Å². The van der Waals surface area contributed by atoms with Crippen molar-refractivity contribution >= 4 is 17.6 Å². The molecule has 0 bridgehead atoms. The van der Waals surface area contributed by atoms with Gasteiger partial charge >= 0.3 is 0 Å². The number of benzene rings is 1. The highest BCUT2D eigenvalue weighted by atomic mass is 19.1. The molecule has 1 fully saturated rings. The van der Waals surface area contributed by atoms with Crippen LogP contribution in [0.15, 0.2) is 22.1 Å². The lowest BCUT2D eigenvalue weighted by Gasteiger charge is -2.45. The van der Waals surface area contributed by atoms with Gasteiger partial charge in [0.15, 0.2) is 17.3 Å². The van der Waals surface area contributed by atoms with Gasteiger partial charge in [-0.25, -0.2) is 9.38 Å². The molecule has 122 valence electrons. The van der Waals surface area contributed by atoms with E-state index in [9.17, 15) is 4.39 Å². The lowest BCUT2D eigenvalue weighted by Crippen LogP contribution is -2.58. The van der Waals surface area contributed by atoms with Crippen LogP contribution >= 0.6 is 0 Å². The van der Waals surface area contributed by atoms with Gasteiger partial charge in [-0.15, -0.1) is 0 Å². The molecule has 2 heterocycles. The fourth-order valence-corrected chi connectivity index (χ4v) is 3.55. The number of fused-ring (bicyclic) bond motifs is 1. The summed E-state index contributed by atoms with van der Waals surface area (Å²) < 4.78 is 25.2. The van der Waals surface area contributed by atoms with Crippen LogP contribution in [0.3, 0.4) is 0 Å². The SMILES string of the molecule is NC1=NC2(CCCCC2)N(c2cc3c(cc2F)OCO3)C(N)=N1. The van der Waals surface area contributed by atoms with Crippen molar-refractivity contribution in [3.05, 3.63) is 17.9 Å². The van der Waals surface area contributed by atoms with E-state index in [2.05, 4.69) is 9.98 Å². The van der Waals surface area contributed by atoms with Crippen LogP contribution in [0.4, 0.5) is 10.1 Å². The van der Waals surface area contributed by atoms with Crippen LogP contribution in [0.5, 0.6) is 11.5 Å². The number of halogens is 1. The Morgan fingerprint density at radius 2 is 1.78 bits per heavy atom. The van der Waals surface area contributed by atoms with E-state index < -0.39 is 11.5 Å². The van der Waals surface area contributed by atoms with Crippen molar-refractivity contribution in [1.29, 1.82) is 0 Å². The minimum atomic E-state index is -0.678. The van der Waals surface area contributed by atoms with Gasteiger partial charge in [-0.3, -0.25) is 4.90 Å². The first-order valence-electron chi connectivity index (χ1n) is 7.68. The molecular weight excluding hydrogens is 301 g/mol. The van der Waals surface area contributed by atoms with Crippen molar-refractivity contribution in [2.75, 3.05) is 11.7 Å². The lowest BCUT2D eigenvalue weighted by molar-refractivity contribution is 0.174. The van der Waals surface area contributed by atoms with Gasteiger partial charge in [-0.2, -0.15) is 4.99 Å². The number of rotatable bonds is 1. The van der Waals surface area contributed by atoms with Gasteiger partial charge in [0.2, 0.25) is 18.7 Å². The average Bonchev–Trinajstić information content (AvgIpc) is 2.94. The minimum Gasteiger partial charge on any atom is -0.454 e. The molecule has 0 radical (unpaired) electrons. The summed E-state index contributed by atoms with van der Waals surface area (Å²) in [6.45, 7) is 0.0814. The third kappa shape index (κ3) is 2.16. The zero-order chi connectivity index (χ0) is 16.0. The Morgan fingerprint density at radius 1 is 1.09 bits per heavy atom. The van der Waals surface area contributed by atoms with E-state index in [1.807, 2.05) is 0 Å². The minimum absolute atomic E-state index is 0.0814. The highest BCUT2D eigenvalue weighted by molar-refractivity contribution is 6.05. The Kier molecular flexibility index (Phi) is 3.07. The zero-order valence-electron chi connectivity index (χ0n) is 12.6. The van der Waals surface area contributed by atoms with Crippen LogP contribution in [0.1, 0.15) is 32.1 Å². The van der Waals surface area contributed by atoms with Gasteiger partial charge in [0.1, 0.15) is 5.66 Å². The molecule has 4 N–H and O–H groups in total. The lowest BCUT2D eigenvalue weighted by atomic mass is 9.87. The van der Waals surface area contributed by atoms with E-state index in [1.54, 1.807) is 11.0 Å². The van der Waals surface area contributed by atoms with E-state index >= 15 is 0 Å². The van der Waals surface area contributed by atoms with Crippen LogP contribution in [0.2, 0.25) is 0 Å². The van der Waals surface area contributed by atoms with Gasteiger partial charge in [0, 0.05) is 12.1 Å². The van der Waals surface area contributed by atoms with Crippen LogP contribution < -0.4 is 25.8 Å². The molecule has 3 aliphatic rings. The molecule has 0 saturated heterocycles. The average molecular weight is 319 g/mol. The predicted octanol–water partition coefficient (Wildman–Crippen LogP) is 1.66. The van der Waals surface area contributed by atoms with E-state index in [1.165, 1.54) is 6.07 Å². The number of aliphatic imine (C=N–C) groups is 2. The molecule has 0 aromatic heterocycles. The smallest absolute Gasteiger partial charge is 0.231 e. The van der Waals surface area contributed by atoms with Gasteiger partial charge in [-0.1, -0.05) is 6.42 Å². The molecule has 23 heavy (non-hydrogen) atoms. The maximum absolute atomic E-state index is 14.7. The molecule has 8 heteroatoms. The molecule has 1 aromatic carbocycles. The number of ether oxygens (including phenoxy) is 2. The highest BCUT2D eigenvalue weighted by Gasteiger charge is 2.44. The number of nitrogens with two attached hydrogens (primary N) is 2. The summed E-state index contributed by atoms with van der Waals surface area (Å²) in [5.41, 5.74) is 11.5. The molecule has 0 amide bonds. The van der Waals surface area contributed by atoms with Crippen molar-refractivity contribution in [3.63, 3.8) is 0 Å². The molecule has 1 spiro atoms. The largest absolute Gasteiger partial charge is 0.454 e. The van der Waals surface area contributed by atoms with E-state index in [-0.39, 0.29) is 24.4 Å². The van der Waals surface area contributed by atoms with Crippen molar-refractivity contribution in [1.82, 2.24) is 0 Å². The monoisotopic (exact) mass is 319 g/mol. The summed E-state index contributed by atoms with van der Waals surface area (Å²) in [5, 5.41) is 0. The fraction of sp³-hybridized carbons (Fsp3) is 0.467. The summed E-state index contributed by atoms with van der Waals surface area (Å²) in [7, 11) is 0. The molecule has 1 saturated carbocycles. The summed E-state index contributed by atoms with van der Waals surface area (Å²) in [6, 6.07) is 2.90. The number of anilines is 1. The van der Waals surface area contributed by atoms with Crippen molar-refractivity contribution in [2.24, 2.45) is 21.5 Å².